The van der Waals surface area contributed by atoms with Crippen LogP contribution in [0.3, 0.4) is 0 Å². The maximum atomic E-state index is 13.3. The molecule has 40 heavy (non-hydrogen) atoms. The average molecular weight is 557 g/mol. The minimum absolute atomic E-state index is 0.00893. The lowest BCUT2D eigenvalue weighted by atomic mass is 9.94. The van der Waals surface area contributed by atoms with Crippen molar-refractivity contribution in [3.05, 3.63) is 82.8 Å². The SMILES string of the molecule is O=C(Nc1ccc2cc1CCC1C=NC=C(C1)Nc1ncc(Cl)c(n1)N2)N1CCN(C(=O)c2ccccc2)CC1. The van der Waals surface area contributed by atoms with Gasteiger partial charge in [-0.2, -0.15) is 4.98 Å². The van der Waals surface area contributed by atoms with Gasteiger partial charge in [-0.05, 0) is 55.2 Å². The average Bonchev–Trinajstić information content (AvgIpc) is 2.99. The second-order valence-electron chi connectivity index (χ2n) is 10.0. The summed E-state index contributed by atoms with van der Waals surface area (Å²) in [4.78, 5) is 42.9. The number of allylic oxidation sites excluding steroid dienone is 1. The number of rotatable bonds is 2. The number of piperazine rings is 1. The van der Waals surface area contributed by atoms with Crippen LogP contribution in [-0.4, -0.2) is 64.1 Å². The van der Waals surface area contributed by atoms with Crippen molar-refractivity contribution in [3.63, 3.8) is 0 Å². The van der Waals surface area contributed by atoms with Crippen LogP contribution in [0.4, 0.5) is 27.9 Å². The largest absolute Gasteiger partial charge is 0.339 e. The van der Waals surface area contributed by atoms with Gasteiger partial charge in [0.1, 0.15) is 5.02 Å². The van der Waals surface area contributed by atoms with Crippen LogP contribution in [0.25, 0.3) is 0 Å². The van der Waals surface area contributed by atoms with E-state index < -0.39 is 0 Å². The third-order valence-corrected chi connectivity index (χ3v) is 7.57. The van der Waals surface area contributed by atoms with E-state index in [1.54, 1.807) is 22.2 Å². The molecule has 1 unspecified atom stereocenters. The van der Waals surface area contributed by atoms with E-state index in [0.717, 1.165) is 41.9 Å². The summed E-state index contributed by atoms with van der Waals surface area (Å²) in [5.74, 6) is 1.16. The number of nitrogens with zero attached hydrogens (tertiary/aromatic N) is 5. The lowest BCUT2D eigenvalue weighted by Crippen LogP contribution is -2.51. The highest BCUT2D eigenvalue weighted by Crippen LogP contribution is 2.31. The second-order valence-corrected chi connectivity index (χ2v) is 10.5. The fourth-order valence-electron chi connectivity index (χ4n) is 5.11. The van der Waals surface area contributed by atoms with Crippen LogP contribution in [-0.2, 0) is 6.42 Å². The number of anilines is 4. The van der Waals surface area contributed by atoms with Crippen LogP contribution in [0.15, 0.2) is 71.6 Å². The predicted molar refractivity (Wildman–Crippen MR) is 156 cm³/mol. The van der Waals surface area contributed by atoms with Crippen molar-refractivity contribution in [3.8, 4) is 0 Å². The molecule has 1 aromatic heterocycles. The van der Waals surface area contributed by atoms with Gasteiger partial charge < -0.3 is 25.8 Å². The zero-order valence-corrected chi connectivity index (χ0v) is 22.6. The Morgan fingerprint density at radius 2 is 1.80 bits per heavy atom. The molecule has 3 amide bonds. The summed E-state index contributed by atoms with van der Waals surface area (Å²) in [6, 6.07) is 14.9. The van der Waals surface area contributed by atoms with Gasteiger partial charge in [-0.25, -0.2) is 9.78 Å². The Morgan fingerprint density at radius 3 is 2.62 bits per heavy atom. The lowest BCUT2D eigenvalue weighted by Gasteiger charge is -2.35. The molecule has 6 rings (SSSR count). The number of hydrogen-bond donors (Lipinski definition) is 3. The number of carbonyl (C=O) groups excluding carboxylic acids is 2. The molecule has 1 fully saturated rings. The number of fused-ring (bicyclic) bond motifs is 6. The van der Waals surface area contributed by atoms with Crippen molar-refractivity contribution in [1.82, 2.24) is 19.8 Å². The molecule has 3 N–H and O–H groups in total. The summed E-state index contributed by atoms with van der Waals surface area (Å²) in [7, 11) is 0. The van der Waals surface area contributed by atoms with E-state index in [1.165, 1.54) is 0 Å². The van der Waals surface area contributed by atoms with Gasteiger partial charge in [0, 0.05) is 67.1 Å². The van der Waals surface area contributed by atoms with E-state index in [2.05, 4.69) is 30.9 Å². The second kappa shape index (κ2) is 11.4. The molecule has 2 aromatic carbocycles. The summed E-state index contributed by atoms with van der Waals surface area (Å²) in [5, 5.41) is 10.1. The molecule has 3 aliphatic heterocycles. The van der Waals surface area contributed by atoms with Crippen LogP contribution >= 0.6 is 11.6 Å². The van der Waals surface area contributed by atoms with Crippen LogP contribution in [0.5, 0.6) is 0 Å². The first kappa shape index (κ1) is 25.8. The molecule has 0 aliphatic carbocycles. The third kappa shape index (κ3) is 5.76. The van der Waals surface area contributed by atoms with E-state index in [4.69, 9.17) is 11.6 Å². The minimum Gasteiger partial charge on any atom is -0.339 e. The minimum atomic E-state index is -0.177. The van der Waals surface area contributed by atoms with Crippen molar-refractivity contribution < 1.29 is 9.59 Å². The first-order valence-corrected chi connectivity index (χ1v) is 13.7. The van der Waals surface area contributed by atoms with Crippen LogP contribution in [0, 0.1) is 5.92 Å². The summed E-state index contributed by atoms with van der Waals surface area (Å²) in [6.45, 7) is 1.91. The van der Waals surface area contributed by atoms with Crippen molar-refractivity contribution in [2.24, 2.45) is 10.9 Å². The first-order valence-electron chi connectivity index (χ1n) is 13.3. The number of carbonyl (C=O) groups is 2. The Morgan fingerprint density at radius 1 is 1.00 bits per heavy atom. The normalized spacial score (nSPS) is 18.2. The van der Waals surface area contributed by atoms with Crippen molar-refractivity contribution >= 4 is 52.9 Å². The maximum absolute atomic E-state index is 13.3. The van der Waals surface area contributed by atoms with Crippen molar-refractivity contribution in [1.29, 1.82) is 0 Å². The highest BCUT2D eigenvalue weighted by Gasteiger charge is 2.25. The van der Waals surface area contributed by atoms with E-state index >= 15 is 0 Å². The van der Waals surface area contributed by atoms with Crippen LogP contribution < -0.4 is 16.0 Å². The summed E-state index contributed by atoms with van der Waals surface area (Å²) in [6.07, 6.45) is 7.70. The van der Waals surface area contributed by atoms with Gasteiger partial charge in [-0.15, -0.1) is 0 Å². The number of urea groups is 1. The lowest BCUT2D eigenvalue weighted by molar-refractivity contribution is 0.0671. The molecule has 3 aliphatic rings. The fraction of sp³-hybridized carbons (Fsp3) is 0.276. The van der Waals surface area contributed by atoms with Gasteiger partial charge in [0.25, 0.3) is 5.91 Å². The van der Waals surface area contributed by atoms with Gasteiger partial charge >= 0.3 is 6.03 Å². The van der Waals surface area contributed by atoms with Gasteiger partial charge in [0.15, 0.2) is 5.82 Å². The number of benzene rings is 2. The highest BCUT2D eigenvalue weighted by atomic mass is 35.5. The van der Waals surface area contributed by atoms with E-state index in [1.807, 2.05) is 54.7 Å². The number of amides is 3. The number of halogens is 1. The molecular formula is C29H29ClN8O2. The van der Waals surface area contributed by atoms with E-state index in [0.29, 0.717) is 48.5 Å². The molecule has 3 aromatic rings. The number of aryl methyl sites for hydroxylation is 1. The Bertz CT molecular complexity index is 1480. The van der Waals surface area contributed by atoms with Gasteiger partial charge in [-0.3, -0.25) is 9.79 Å². The molecule has 0 radical (unpaired) electrons. The van der Waals surface area contributed by atoms with Crippen LogP contribution in [0.2, 0.25) is 5.02 Å². The topological polar surface area (TPSA) is 115 Å². The van der Waals surface area contributed by atoms with Gasteiger partial charge in [-0.1, -0.05) is 29.8 Å². The molecule has 1 saturated heterocycles. The molecule has 10 nitrogen and oxygen atoms in total. The Labute approximate surface area is 237 Å². The number of hydrogen-bond acceptors (Lipinski definition) is 7. The zero-order valence-electron chi connectivity index (χ0n) is 21.8. The number of aromatic nitrogens is 2. The van der Waals surface area contributed by atoms with Crippen molar-refractivity contribution in [2.45, 2.75) is 19.3 Å². The summed E-state index contributed by atoms with van der Waals surface area (Å²) >= 11 is 6.38. The van der Waals surface area contributed by atoms with Gasteiger partial charge in [0.2, 0.25) is 5.95 Å². The quantitative estimate of drug-likeness (QED) is 0.402. The Hall–Kier alpha value is -4.44. The molecule has 1 atom stereocenters. The molecule has 4 heterocycles. The monoisotopic (exact) mass is 556 g/mol. The molecule has 204 valence electrons. The highest BCUT2D eigenvalue weighted by molar-refractivity contribution is 6.32. The van der Waals surface area contributed by atoms with E-state index in [9.17, 15) is 9.59 Å². The summed E-state index contributed by atoms with van der Waals surface area (Å²) in [5.41, 5.74) is 4.16. The molecule has 6 bridgehead atoms. The third-order valence-electron chi connectivity index (χ3n) is 7.29. The molecule has 0 spiro atoms. The zero-order chi connectivity index (χ0) is 27.5. The fourth-order valence-corrected chi connectivity index (χ4v) is 5.25. The van der Waals surface area contributed by atoms with E-state index in [-0.39, 0.29) is 17.9 Å². The van der Waals surface area contributed by atoms with Gasteiger partial charge in [0.05, 0.1) is 6.20 Å². The first-order chi connectivity index (χ1) is 19.5. The number of nitrogens with one attached hydrogen (secondary N) is 3. The standard InChI is InChI=1S/C29H29ClN8O2/c30-24-18-32-28-34-23-14-19(16-31-17-23)6-7-21-15-22(33-26(24)36-28)8-9-25(21)35-29(40)38-12-10-37(11-13-38)27(39)20-4-2-1-3-5-20/h1-5,8-9,15-19H,6-7,10-14H2,(H,35,40)(H2,32,33,34,36). The van der Waals surface area contributed by atoms with Crippen LogP contribution in [0.1, 0.15) is 28.8 Å². The molecule has 0 saturated carbocycles. The predicted octanol–water partition coefficient (Wildman–Crippen LogP) is 5.15. The van der Waals surface area contributed by atoms with Crippen molar-refractivity contribution in [2.75, 3.05) is 42.1 Å². The number of aliphatic imine (C=N–C) groups is 1. The maximum Gasteiger partial charge on any atom is 0.321 e. The Balaban J connectivity index is 1.17. The Kier molecular flexibility index (Phi) is 7.33. The molecule has 11 heteroatoms. The summed E-state index contributed by atoms with van der Waals surface area (Å²) < 4.78 is 0. The smallest absolute Gasteiger partial charge is 0.321 e. The molecular weight excluding hydrogens is 528 g/mol.